The Bertz CT molecular complexity index is 418. The van der Waals surface area contributed by atoms with Gasteiger partial charge in [0.05, 0.1) is 6.10 Å². The van der Waals surface area contributed by atoms with Crippen molar-refractivity contribution in [2.45, 2.75) is 82.0 Å². The molecule has 3 unspecified atom stereocenters. The predicted molar refractivity (Wildman–Crippen MR) is 91.3 cm³/mol. The maximum absolute atomic E-state index is 12.1. The third-order valence-electron chi connectivity index (χ3n) is 5.63. The summed E-state index contributed by atoms with van der Waals surface area (Å²) in [6, 6.07) is 0.887. The summed E-state index contributed by atoms with van der Waals surface area (Å²) >= 11 is 0. The van der Waals surface area contributed by atoms with Gasteiger partial charge in [-0.15, -0.1) is 0 Å². The molecule has 0 radical (unpaired) electrons. The van der Waals surface area contributed by atoms with Crippen molar-refractivity contribution in [2.24, 2.45) is 0 Å². The van der Waals surface area contributed by atoms with Gasteiger partial charge in [0.2, 0.25) is 0 Å². The van der Waals surface area contributed by atoms with Crippen molar-refractivity contribution in [3.8, 4) is 0 Å². The maximum Gasteiger partial charge on any atom is 0.315 e. The number of carbonyl (C=O) groups is 1. The van der Waals surface area contributed by atoms with E-state index in [2.05, 4.69) is 27.7 Å². The van der Waals surface area contributed by atoms with E-state index < -0.39 is 0 Å². The van der Waals surface area contributed by atoms with Crippen LogP contribution in [0.1, 0.15) is 57.8 Å². The fourth-order valence-corrected chi connectivity index (χ4v) is 4.23. The van der Waals surface area contributed by atoms with Crippen LogP contribution in [-0.2, 0) is 0 Å². The lowest BCUT2D eigenvalue weighted by atomic mass is 9.89. The van der Waals surface area contributed by atoms with E-state index in [0.29, 0.717) is 6.04 Å². The second-order valence-corrected chi connectivity index (χ2v) is 7.33. The van der Waals surface area contributed by atoms with Crippen LogP contribution in [0.2, 0.25) is 0 Å². The van der Waals surface area contributed by atoms with Gasteiger partial charge >= 0.3 is 6.03 Å². The summed E-state index contributed by atoms with van der Waals surface area (Å²) in [6.45, 7) is 1.97. The van der Waals surface area contributed by atoms with Gasteiger partial charge in [-0.3, -0.25) is 4.90 Å². The number of rotatable bonds is 3. The SMILES string of the molecule is O=C(NC1CC=CCC1)NC1CCN(C2CCCCC2O)CC1. The topological polar surface area (TPSA) is 64.6 Å². The zero-order valence-corrected chi connectivity index (χ0v) is 14.0. The molecular formula is C18H31N3O2. The number of carbonyl (C=O) groups excluding carboxylic acids is 1. The summed E-state index contributed by atoms with van der Waals surface area (Å²) in [5.74, 6) is 0. The first-order chi connectivity index (χ1) is 11.2. The van der Waals surface area contributed by atoms with Gasteiger partial charge in [-0.05, 0) is 44.9 Å². The fourth-order valence-electron chi connectivity index (χ4n) is 4.23. The van der Waals surface area contributed by atoms with Crippen LogP contribution in [0.15, 0.2) is 12.2 Å². The van der Waals surface area contributed by atoms with E-state index in [0.717, 1.165) is 64.5 Å². The largest absolute Gasteiger partial charge is 0.391 e. The number of hydrogen-bond donors (Lipinski definition) is 3. The van der Waals surface area contributed by atoms with E-state index in [-0.39, 0.29) is 24.2 Å². The fraction of sp³-hybridized carbons (Fsp3) is 0.833. The Labute approximate surface area is 139 Å². The van der Waals surface area contributed by atoms with Gasteiger partial charge in [0.15, 0.2) is 0 Å². The van der Waals surface area contributed by atoms with Gasteiger partial charge in [0, 0.05) is 31.2 Å². The molecule has 5 heteroatoms. The summed E-state index contributed by atoms with van der Waals surface area (Å²) in [6.07, 6.45) is 13.7. The highest BCUT2D eigenvalue weighted by molar-refractivity contribution is 5.74. The van der Waals surface area contributed by atoms with Gasteiger partial charge in [0.25, 0.3) is 0 Å². The number of nitrogens with one attached hydrogen (secondary N) is 2. The minimum atomic E-state index is -0.157. The highest BCUT2D eigenvalue weighted by Crippen LogP contribution is 2.25. The first-order valence-electron chi connectivity index (χ1n) is 9.36. The number of urea groups is 1. The zero-order valence-electron chi connectivity index (χ0n) is 14.0. The molecule has 3 rings (SSSR count). The second kappa shape index (κ2) is 8.15. The summed E-state index contributed by atoms with van der Waals surface area (Å²) in [4.78, 5) is 14.6. The van der Waals surface area contributed by atoms with Crippen molar-refractivity contribution in [1.29, 1.82) is 0 Å². The Morgan fingerprint density at radius 1 is 0.957 bits per heavy atom. The minimum Gasteiger partial charge on any atom is -0.391 e. The lowest BCUT2D eigenvalue weighted by molar-refractivity contribution is 0.00775. The average molecular weight is 321 g/mol. The highest BCUT2D eigenvalue weighted by Gasteiger charge is 2.31. The minimum absolute atomic E-state index is 0.0125. The van der Waals surface area contributed by atoms with Gasteiger partial charge in [0.1, 0.15) is 0 Å². The molecule has 0 aromatic heterocycles. The molecule has 23 heavy (non-hydrogen) atoms. The Balaban J connectivity index is 1.38. The van der Waals surface area contributed by atoms with E-state index in [1.807, 2.05) is 0 Å². The van der Waals surface area contributed by atoms with E-state index >= 15 is 0 Å². The van der Waals surface area contributed by atoms with Crippen LogP contribution in [0.4, 0.5) is 4.79 Å². The molecule has 1 saturated carbocycles. The van der Waals surface area contributed by atoms with Crippen LogP contribution in [0.25, 0.3) is 0 Å². The molecule has 1 aliphatic heterocycles. The van der Waals surface area contributed by atoms with Crippen LogP contribution in [0.3, 0.4) is 0 Å². The number of allylic oxidation sites excluding steroid dienone is 1. The summed E-state index contributed by atoms with van der Waals surface area (Å²) < 4.78 is 0. The normalized spacial score (nSPS) is 33.3. The molecule has 0 aromatic carbocycles. The van der Waals surface area contributed by atoms with Crippen LogP contribution < -0.4 is 10.6 Å². The molecule has 2 amide bonds. The number of piperidine rings is 1. The van der Waals surface area contributed by atoms with Crippen LogP contribution in [-0.4, -0.2) is 53.4 Å². The molecule has 0 bridgehead atoms. The number of aliphatic hydroxyl groups excluding tert-OH is 1. The monoisotopic (exact) mass is 321 g/mol. The third-order valence-corrected chi connectivity index (χ3v) is 5.63. The number of likely N-dealkylation sites (tertiary alicyclic amines) is 1. The average Bonchev–Trinajstić information content (AvgIpc) is 2.57. The van der Waals surface area contributed by atoms with E-state index in [9.17, 15) is 9.90 Å². The van der Waals surface area contributed by atoms with E-state index in [1.165, 1.54) is 6.42 Å². The molecule has 2 fully saturated rings. The van der Waals surface area contributed by atoms with Crippen molar-refractivity contribution in [2.75, 3.05) is 13.1 Å². The zero-order chi connectivity index (χ0) is 16.1. The van der Waals surface area contributed by atoms with Gasteiger partial charge < -0.3 is 15.7 Å². The Morgan fingerprint density at radius 3 is 2.39 bits per heavy atom. The summed E-state index contributed by atoms with van der Waals surface area (Å²) in [5.41, 5.74) is 0. The predicted octanol–water partition coefficient (Wildman–Crippen LogP) is 2.16. The van der Waals surface area contributed by atoms with Crippen molar-refractivity contribution in [3.05, 3.63) is 12.2 Å². The van der Waals surface area contributed by atoms with Crippen molar-refractivity contribution in [1.82, 2.24) is 15.5 Å². The first kappa shape index (κ1) is 16.8. The van der Waals surface area contributed by atoms with Gasteiger partial charge in [-0.2, -0.15) is 0 Å². The summed E-state index contributed by atoms with van der Waals surface area (Å²) in [5, 5.41) is 16.4. The maximum atomic E-state index is 12.1. The van der Waals surface area contributed by atoms with E-state index in [4.69, 9.17) is 0 Å². The molecule has 5 nitrogen and oxygen atoms in total. The van der Waals surface area contributed by atoms with Crippen molar-refractivity contribution >= 4 is 6.03 Å². The third kappa shape index (κ3) is 4.70. The Morgan fingerprint density at radius 2 is 1.70 bits per heavy atom. The lowest BCUT2D eigenvalue weighted by Crippen LogP contribution is -2.54. The lowest BCUT2D eigenvalue weighted by Gasteiger charge is -2.41. The van der Waals surface area contributed by atoms with Crippen LogP contribution >= 0.6 is 0 Å². The number of aliphatic hydroxyl groups is 1. The molecule has 1 saturated heterocycles. The molecular weight excluding hydrogens is 290 g/mol. The molecule has 130 valence electrons. The van der Waals surface area contributed by atoms with Gasteiger partial charge in [-0.1, -0.05) is 25.0 Å². The number of nitrogens with zero attached hydrogens (tertiary/aromatic N) is 1. The second-order valence-electron chi connectivity index (χ2n) is 7.33. The van der Waals surface area contributed by atoms with Crippen molar-refractivity contribution in [3.63, 3.8) is 0 Å². The molecule has 1 heterocycles. The highest BCUT2D eigenvalue weighted by atomic mass is 16.3. The standard InChI is InChI=1S/C18H31N3O2/c22-17-9-5-4-8-16(17)21-12-10-15(11-13-21)20-18(23)19-14-6-2-1-3-7-14/h1-2,14-17,22H,3-13H2,(H2,19,20,23). The summed E-state index contributed by atoms with van der Waals surface area (Å²) in [7, 11) is 0. The molecule has 0 spiro atoms. The van der Waals surface area contributed by atoms with Crippen molar-refractivity contribution < 1.29 is 9.90 Å². The molecule has 3 N–H and O–H groups in total. The smallest absolute Gasteiger partial charge is 0.315 e. The van der Waals surface area contributed by atoms with Crippen LogP contribution in [0, 0.1) is 0 Å². The molecule has 2 aliphatic carbocycles. The Hall–Kier alpha value is -1.07. The van der Waals surface area contributed by atoms with Gasteiger partial charge in [-0.25, -0.2) is 4.79 Å². The van der Waals surface area contributed by atoms with E-state index in [1.54, 1.807) is 0 Å². The molecule has 0 aromatic rings. The molecule has 3 atom stereocenters. The molecule has 3 aliphatic rings. The Kier molecular flexibility index (Phi) is 5.95. The number of amides is 2. The van der Waals surface area contributed by atoms with Crippen LogP contribution in [0.5, 0.6) is 0 Å². The first-order valence-corrected chi connectivity index (χ1v) is 9.36. The number of hydrogen-bond acceptors (Lipinski definition) is 3. The quantitative estimate of drug-likeness (QED) is 0.698.